The molecule has 2 fully saturated rings. The molecule has 0 radical (unpaired) electrons. The molecule has 2 saturated carbocycles. The van der Waals surface area contributed by atoms with E-state index < -0.39 is 0 Å². The van der Waals surface area contributed by atoms with Crippen LogP contribution in [0.5, 0.6) is 0 Å². The largest absolute Gasteiger partial charge is 0.146 e. The number of hydrogen-bond acceptors (Lipinski definition) is 1. The van der Waals surface area contributed by atoms with E-state index in [1.165, 1.54) is 41.0 Å². The Bertz CT molecular complexity index is 383. The van der Waals surface area contributed by atoms with E-state index in [-0.39, 0.29) is 5.38 Å². The van der Waals surface area contributed by atoms with Crippen LogP contribution in [0.4, 0.5) is 0 Å². The molecule has 16 heavy (non-hydrogen) atoms. The maximum absolute atomic E-state index is 6.70. The standard InChI is InChI=1S/C14H19ClS/c1-8-7-12(9(2)16-8)14(15)13-10-5-3-4-6-11(10)13/h7,10-11,13-14H,3-6H2,1-2H3. The van der Waals surface area contributed by atoms with Crippen LogP contribution < -0.4 is 0 Å². The first-order valence-electron chi connectivity index (χ1n) is 6.39. The number of thiophene rings is 1. The number of fused-ring (bicyclic) bond motifs is 1. The van der Waals surface area contributed by atoms with Gasteiger partial charge in [0.05, 0.1) is 5.38 Å². The van der Waals surface area contributed by atoms with Crippen LogP contribution in [0, 0.1) is 31.6 Å². The molecule has 0 N–H and O–H groups in total. The van der Waals surface area contributed by atoms with Crippen molar-refractivity contribution in [3.63, 3.8) is 0 Å². The van der Waals surface area contributed by atoms with Gasteiger partial charge in [0.25, 0.3) is 0 Å². The molecule has 3 rings (SSSR count). The van der Waals surface area contributed by atoms with Gasteiger partial charge in [0.15, 0.2) is 0 Å². The molecule has 0 aromatic carbocycles. The molecule has 88 valence electrons. The molecule has 0 nitrogen and oxygen atoms in total. The van der Waals surface area contributed by atoms with Crippen molar-refractivity contribution in [1.82, 2.24) is 0 Å². The third-order valence-electron chi connectivity index (χ3n) is 4.44. The Morgan fingerprint density at radius 3 is 2.38 bits per heavy atom. The average Bonchev–Trinajstić information content (AvgIpc) is 2.89. The second-order valence-electron chi connectivity index (χ2n) is 5.46. The molecule has 2 heteroatoms. The molecule has 1 heterocycles. The van der Waals surface area contributed by atoms with E-state index in [0.717, 1.165) is 17.8 Å². The van der Waals surface area contributed by atoms with E-state index in [1.807, 2.05) is 11.3 Å². The smallest absolute Gasteiger partial charge is 0.0629 e. The fraction of sp³-hybridized carbons (Fsp3) is 0.714. The number of aryl methyl sites for hydroxylation is 2. The summed E-state index contributed by atoms with van der Waals surface area (Å²) in [7, 11) is 0. The van der Waals surface area contributed by atoms with Gasteiger partial charge in [0, 0.05) is 9.75 Å². The zero-order valence-corrected chi connectivity index (χ0v) is 11.6. The molecule has 0 bridgehead atoms. The predicted molar refractivity (Wildman–Crippen MR) is 71.3 cm³/mol. The summed E-state index contributed by atoms with van der Waals surface area (Å²) in [5, 5.41) is 0.290. The minimum absolute atomic E-state index is 0.290. The van der Waals surface area contributed by atoms with Crippen LogP contribution in [0.3, 0.4) is 0 Å². The molecule has 3 atom stereocenters. The summed E-state index contributed by atoms with van der Waals surface area (Å²) in [5.74, 6) is 2.70. The topological polar surface area (TPSA) is 0 Å². The Labute approximate surface area is 107 Å². The highest BCUT2D eigenvalue weighted by atomic mass is 35.5. The highest BCUT2D eigenvalue weighted by molar-refractivity contribution is 7.12. The molecule has 0 spiro atoms. The van der Waals surface area contributed by atoms with Crippen LogP contribution >= 0.6 is 22.9 Å². The highest BCUT2D eigenvalue weighted by Crippen LogP contribution is 2.62. The van der Waals surface area contributed by atoms with Crippen molar-refractivity contribution in [1.29, 1.82) is 0 Å². The lowest BCUT2D eigenvalue weighted by molar-refractivity contribution is 0.480. The summed E-state index contributed by atoms with van der Waals surface area (Å²) in [4.78, 5) is 2.84. The van der Waals surface area contributed by atoms with E-state index in [4.69, 9.17) is 11.6 Å². The number of hydrogen-bond donors (Lipinski definition) is 0. The molecule has 2 aliphatic rings. The van der Waals surface area contributed by atoms with Gasteiger partial charge in [0.1, 0.15) is 0 Å². The van der Waals surface area contributed by atoms with Gasteiger partial charge < -0.3 is 0 Å². The Balaban J connectivity index is 1.78. The Hall–Kier alpha value is -0.0100. The van der Waals surface area contributed by atoms with E-state index in [0.29, 0.717) is 0 Å². The Morgan fingerprint density at radius 1 is 1.25 bits per heavy atom. The van der Waals surface area contributed by atoms with Crippen molar-refractivity contribution in [3.05, 3.63) is 21.4 Å². The molecule has 1 aromatic heterocycles. The highest BCUT2D eigenvalue weighted by Gasteiger charge is 2.54. The van der Waals surface area contributed by atoms with Gasteiger partial charge in [-0.15, -0.1) is 22.9 Å². The summed E-state index contributed by atoms with van der Waals surface area (Å²) in [5.41, 5.74) is 1.42. The van der Waals surface area contributed by atoms with Gasteiger partial charge in [-0.05, 0) is 56.1 Å². The molecular formula is C14H19ClS. The van der Waals surface area contributed by atoms with Crippen molar-refractivity contribution in [2.24, 2.45) is 17.8 Å². The van der Waals surface area contributed by atoms with Gasteiger partial charge in [-0.2, -0.15) is 0 Å². The zero-order valence-electron chi connectivity index (χ0n) is 10.0. The third kappa shape index (κ3) is 1.73. The zero-order chi connectivity index (χ0) is 11.3. The number of alkyl halides is 1. The van der Waals surface area contributed by atoms with Crippen molar-refractivity contribution >= 4 is 22.9 Å². The summed E-state index contributed by atoms with van der Waals surface area (Å²) in [6, 6.07) is 2.31. The fourth-order valence-corrected chi connectivity index (χ4v) is 5.25. The summed E-state index contributed by atoms with van der Waals surface area (Å²) in [6.07, 6.45) is 5.73. The van der Waals surface area contributed by atoms with E-state index in [2.05, 4.69) is 19.9 Å². The third-order valence-corrected chi connectivity index (χ3v) is 5.94. The minimum Gasteiger partial charge on any atom is -0.146 e. The lowest BCUT2D eigenvalue weighted by atomic mass is 10.0. The van der Waals surface area contributed by atoms with Gasteiger partial charge >= 0.3 is 0 Å². The fourth-order valence-electron chi connectivity index (χ4n) is 3.61. The average molecular weight is 255 g/mol. The lowest BCUT2D eigenvalue weighted by Crippen LogP contribution is -1.95. The van der Waals surface area contributed by atoms with E-state index >= 15 is 0 Å². The number of halogens is 1. The monoisotopic (exact) mass is 254 g/mol. The minimum atomic E-state index is 0.290. The van der Waals surface area contributed by atoms with Crippen molar-refractivity contribution in [2.45, 2.75) is 44.9 Å². The predicted octanol–water partition coefficient (Wildman–Crippen LogP) is 5.08. The molecule has 3 unspecified atom stereocenters. The Morgan fingerprint density at radius 2 is 1.88 bits per heavy atom. The second kappa shape index (κ2) is 4.03. The molecular weight excluding hydrogens is 236 g/mol. The van der Waals surface area contributed by atoms with Crippen LogP contribution in [-0.2, 0) is 0 Å². The molecule has 0 amide bonds. The molecule has 0 aliphatic heterocycles. The van der Waals surface area contributed by atoms with Crippen LogP contribution in [0.25, 0.3) is 0 Å². The first-order valence-corrected chi connectivity index (χ1v) is 7.65. The van der Waals surface area contributed by atoms with Crippen molar-refractivity contribution in [3.8, 4) is 0 Å². The van der Waals surface area contributed by atoms with Gasteiger partial charge in [-0.1, -0.05) is 12.8 Å². The Kier molecular flexibility index (Phi) is 2.79. The summed E-state index contributed by atoms with van der Waals surface area (Å²) in [6.45, 7) is 4.40. The molecule has 1 aromatic rings. The number of rotatable bonds is 2. The summed E-state index contributed by atoms with van der Waals surface area (Å²) < 4.78 is 0. The SMILES string of the molecule is Cc1cc(C(Cl)C2C3CCCCC32)c(C)s1. The van der Waals surface area contributed by atoms with Gasteiger partial charge in [0.2, 0.25) is 0 Å². The van der Waals surface area contributed by atoms with Crippen LogP contribution in [0.2, 0.25) is 0 Å². The maximum atomic E-state index is 6.70. The normalized spacial score (nSPS) is 34.6. The van der Waals surface area contributed by atoms with Gasteiger partial charge in [-0.25, -0.2) is 0 Å². The van der Waals surface area contributed by atoms with Crippen LogP contribution in [0.15, 0.2) is 6.07 Å². The van der Waals surface area contributed by atoms with Crippen LogP contribution in [-0.4, -0.2) is 0 Å². The van der Waals surface area contributed by atoms with E-state index in [9.17, 15) is 0 Å². The van der Waals surface area contributed by atoms with Crippen molar-refractivity contribution in [2.75, 3.05) is 0 Å². The summed E-state index contributed by atoms with van der Waals surface area (Å²) >= 11 is 8.60. The molecule has 2 aliphatic carbocycles. The quantitative estimate of drug-likeness (QED) is 0.646. The second-order valence-corrected chi connectivity index (χ2v) is 7.39. The first-order chi connectivity index (χ1) is 7.68. The van der Waals surface area contributed by atoms with Gasteiger partial charge in [-0.3, -0.25) is 0 Å². The van der Waals surface area contributed by atoms with E-state index in [1.54, 1.807) is 0 Å². The first kappa shape index (κ1) is 11.1. The lowest BCUT2D eigenvalue weighted by Gasteiger charge is -2.08. The molecule has 0 saturated heterocycles. The maximum Gasteiger partial charge on any atom is 0.0629 e. The van der Waals surface area contributed by atoms with Crippen LogP contribution in [0.1, 0.15) is 46.4 Å². The van der Waals surface area contributed by atoms with Crippen molar-refractivity contribution < 1.29 is 0 Å².